The zero-order valence-electron chi connectivity index (χ0n) is 15.1. The summed E-state index contributed by atoms with van der Waals surface area (Å²) in [5.41, 5.74) is 1.75. The van der Waals surface area contributed by atoms with Gasteiger partial charge in [-0.2, -0.15) is 5.10 Å². The molecule has 2 amide bonds. The first kappa shape index (κ1) is 18.8. The number of hydrogen-bond donors (Lipinski definition) is 2. The molecule has 0 fully saturated rings. The van der Waals surface area contributed by atoms with Crippen LogP contribution >= 0.6 is 0 Å². The molecule has 0 unspecified atom stereocenters. The third-order valence-corrected chi connectivity index (χ3v) is 3.73. The second-order valence-electron chi connectivity index (χ2n) is 6.01. The van der Waals surface area contributed by atoms with Crippen LogP contribution in [0.5, 0.6) is 0 Å². The van der Waals surface area contributed by atoms with Gasteiger partial charge in [-0.05, 0) is 42.2 Å². The molecule has 2 aromatic heterocycles. The van der Waals surface area contributed by atoms with E-state index in [1.807, 2.05) is 0 Å². The van der Waals surface area contributed by atoms with Crippen molar-refractivity contribution in [2.24, 2.45) is 7.05 Å². The third-order valence-electron chi connectivity index (χ3n) is 3.73. The van der Waals surface area contributed by atoms with Crippen LogP contribution in [0.3, 0.4) is 0 Å². The van der Waals surface area contributed by atoms with Gasteiger partial charge in [0.25, 0.3) is 11.8 Å². The van der Waals surface area contributed by atoms with Gasteiger partial charge < -0.3 is 20.7 Å². The number of anilines is 2. The smallest absolute Gasteiger partial charge is 0.345 e. The largest absolute Gasteiger partial charge is 0.358 e. The van der Waals surface area contributed by atoms with Crippen molar-refractivity contribution < 1.29 is 14.5 Å². The number of carbonyl (C=O) groups excluding carboxylic acids is 2. The highest BCUT2D eigenvalue weighted by Crippen LogP contribution is 2.16. The van der Waals surface area contributed by atoms with Gasteiger partial charge >= 0.3 is 5.82 Å². The average molecular weight is 383 g/mol. The van der Waals surface area contributed by atoms with Crippen LogP contribution in [0.4, 0.5) is 17.2 Å². The second kappa shape index (κ2) is 7.70. The Labute approximate surface area is 159 Å². The molecule has 3 rings (SSSR count). The van der Waals surface area contributed by atoms with E-state index in [-0.39, 0.29) is 24.0 Å². The number of nitro groups is 1. The van der Waals surface area contributed by atoms with Crippen LogP contribution < -0.4 is 10.6 Å². The fourth-order valence-corrected chi connectivity index (χ4v) is 2.50. The SMILES string of the molecule is Cc1cc([N+](=O)[O-])n(CC(=O)Nc2ccc(NC(=O)c3ccn(C)n3)cc2)n1. The Morgan fingerprint density at radius 3 is 2.32 bits per heavy atom. The predicted octanol–water partition coefficient (Wildman–Crippen LogP) is 1.72. The summed E-state index contributed by atoms with van der Waals surface area (Å²) in [5.74, 6) is -1.06. The molecule has 0 saturated heterocycles. The number of benzene rings is 1. The Kier molecular flexibility index (Phi) is 5.16. The number of amides is 2. The fraction of sp³-hybridized carbons (Fsp3) is 0.176. The number of nitrogens with one attached hydrogen (secondary N) is 2. The summed E-state index contributed by atoms with van der Waals surface area (Å²) in [6.45, 7) is 1.32. The molecule has 2 N–H and O–H groups in total. The van der Waals surface area contributed by atoms with Crippen LogP contribution in [0.1, 0.15) is 16.2 Å². The molecule has 0 saturated carbocycles. The number of nitrogens with zero attached hydrogens (tertiary/aromatic N) is 5. The summed E-state index contributed by atoms with van der Waals surface area (Å²) in [7, 11) is 1.72. The maximum atomic E-state index is 12.1. The number of aryl methyl sites for hydroxylation is 2. The van der Waals surface area contributed by atoms with E-state index < -0.39 is 10.8 Å². The highest BCUT2D eigenvalue weighted by Gasteiger charge is 2.19. The van der Waals surface area contributed by atoms with Crippen LogP contribution in [0.15, 0.2) is 42.6 Å². The van der Waals surface area contributed by atoms with Crippen LogP contribution in [-0.2, 0) is 18.4 Å². The molecule has 28 heavy (non-hydrogen) atoms. The van der Waals surface area contributed by atoms with Crippen molar-refractivity contribution in [3.63, 3.8) is 0 Å². The number of rotatable bonds is 6. The first-order valence-corrected chi connectivity index (χ1v) is 8.21. The van der Waals surface area contributed by atoms with Crippen molar-refractivity contribution in [2.45, 2.75) is 13.5 Å². The Morgan fingerprint density at radius 1 is 1.11 bits per heavy atom. The molecule has 0 aliphatic rings. The van der Waals surface area contributed by atoms with Crippen molar-refractivity contribution in [3.8, 4) is 0 Å². The summed E-state index contributed by atoms with van der Waals surface area (Å²) in [5, 5.41) is 24.3. The lowest BCUT2D eigenvalue weighted by Gasteiger charge is -2.07. The van der Waals surface area contributed by atoms with E-state index in [1.165, 1.54) is 10.7 Å². The summed E-state index contributed by atoms with van der Waals surface area (Å²) >= 11 is 0. The first-order chi connectivity index (χ1) is 13.3. The highest BCUT2D eigenvalue weighted by atomic mass is 16.6. The van der Waals surface area contributed by atoms with E-state index in [0.29, 0.717) is 17.1 Å². The Hall–Kier alpha value is -4.02. The number of hydrogen-bond acceptors (Lipinski definition) is 6. The minimum absolute atomic E-state index is 0.250. The average Bonchev–Trinajstić information content (AvgIpc) is 3.22. The van der Waals surface area contributed by atoms with E-state index >= 15 is 0 Å². The summed E-state index contributed by atoms with van der Waals surface area (Å²) in [6.07, 6.45) is 1.67. The Balaban J connectivity index is 1.60. The lowest BCUT2D eigenvalue weighted by atomic mass is 10.2. The van der Waals surface area contributed by atoms with Gasteiger partial charge in [0.1, 0.15) is 0 Å². The van der Waals surface area contributed by atoms with Crippen molar-refractivity contribution in [1.82, 2.24) is 19.6 Å². The summed E-state index contributed by atoms with van der Waals surface area (Å²) in [4.78, 5) is 34.6. The van der Waals surface area contributed by atoms with Gasteiger partial charge in [-0.15, -0.1) is 4.68 Å². The molecule has 0 aliphatic carbocycles. The van der Waals surface area contributed by atoms with Crippen molar-refractivity contribution in [1.29, 1.82) is 0 Å². The Bertz CT molecular complexity index is 1040. The predicted molar refractivity (Wildman–Crippen MR) is 99.9 cm³/mol. The van der Waals surface area contributed by atoms with Gasteiger partial charge in [0.2, 0.25) is 0 Å². The molecular formula is C17H17N7O4. The molecule has 0 atom stereocenters. The topological polar surface area (TPSA) is 137 Å². The molecule has 1 aromatic carbocycles. The van der Waals surface area contributed by atoms with E-state index in [9.17, 15) is 19.7 Å². The first-order valence-electron chi connectivity index (χ1n) is 8.21. The number of carbonyl (C=O) groups is 2. The summed E-state index contributed by atoms with van der Waals surface area (Å²) in [6, 6.07) is 9.35. The maximum absolute atomic E-state index is 12.1. The zero-order valence-corrected chi connectivity index (χ0v) is 15.1. The monoisotopic (exact) mass is 383 g/mol. The van der Waals surface area contributed by atoms with Crippen molar-refractivity contribution >= 4 is 29.0 Å². The maximum Gasteiger partial charge on any atom is 0.345 e. The van der Waals surface area contributed by atoms with Crippen LogP contribution in [0, 0.1) is 17.0 Å². The molecule has 0 bridgehead atoms. The van der Waals surface area contributed by atoms with Gasteiger partial charge in [0, 0.05) is 24.6 Å². The van der Waals surface area contributed by atoms with E-state index in [2.05, 4.69) is 20.8 Å². The molecule has 3 aromatic rings. The van der Waals surface area contributed by atoms with Gasteiger partial charge in [0.15, 0.2) is 12.2 Å². The van der Waals surface area contributed by atoms with Gasteiger partial charge in [0.05, 0.1) is 11.8 Å². The lowest BCUT2D eigenvalue weighted by Crippen LogP contribution is -2.20. The minimum atomic E-state index is -0.591. The van der Waals surface area contributed by atoms with Gasteiger partial charge in [-0.25, -0.2) is 0 Å². The van der Waals surface area contributed by atoms with Gasteiger partial charge in [-0.3, -0.25) is 14.3 Å². The van der Waals surface area contributed by atoms with Crippen LogP contribution in [0.2, 0.25) is 0 Å². The molecule has 11 nitrogen and oxygen atoms in total. The standard InChI is InChI=1S/C17H17N7O4/c1-11-9-16(24(27)28)23(20-11)10-15(25)18-12-3-5-13(6-4-12)19-17(26)14-7-8-22(2)21-14/h3-9H,10H2,1-2H3,(H,18,25)(H,19,26). The van der Waals surface area contributed by atoms with E-state index in [0.717, 1.165) is 4.68 Å². The molecule has 11 heteroatoms. The molecule has 0 radical (unpaired) electrons. The summed E-state index contributed by atoms with van der Waals surface area (Å²) < 4.78 is 2.56. The zero-order chi connectivity index (χ0) is 20.3. The van der Waals surface area contributed by atoms with E-state index in [4.69, 9.17) is 0 Å². The minimum Gasteiger partial charge on any atom is -0.358 e. The van der Waals surface area contributed by atoms with E-state index in [1.54, 1.807) is 50.5 Å². The lowest BCUT2D eigenvalue weighted by molar-refractivity contribution is -0.392. The Morgan fingerprint density at radius 2 is 1.75 bits per heavy atom. The molecule has 2 heterocycles. The number of aromatic nitrogens is 4. The third kappa shape index (κ3) is 4.38. The normalized spacial score (nSPS) is 10.5. The van der Waals surface area contributed by atoms with Gasteiger partial charge in [-0.1, -0.05) is 5.10 Å². The highest BCUT2D eigenvalue weighted by molar-refractivity contribution is 6.03. The molecule has 0 aliphatic heterocycles. The van der Waals surface area contributed by atoms with Crippen molar-refractivity contribution in [2.75, 3.05) is 10.6 Å². The molecular weight excluding hydrogens is 366 g/mol. The quantitative estimate of drug-likeness (QED) is 0.491. The molecule has 0 spiro atoms. The van der Waals surface area contributed by atoms with Crippen molar-refractivity contribution in [3.05, 3.63) is 64.1 Å². The fourth-order valence-electron chi connectivity index (χ4n) is 2.50. The van der Waals surface area contributed by atoms with Crippen LogP contribution in [-0.4, -0.2) is 36.3 Å². The second-order valence-corrected chi connectivity index (χ2v) is 6.01. The van der Waals surface area contributed by atoms with Crippen LogP contribution in [0.25, 0.3) is 0 Å². The molecule has 144 valence electrons.